The molecule has 3 aromatic heterocycles. The molecule has 1 N–H and O–H groups in total. The molecule has 0 saturated heterocycles. The zero-order valence-electron chi connectivity index (χ0n) is 12.7. The summed E-state index contributed by atoms with van der Waals surface area (Å²) in [6, 6.07) is 20.1. The number of H-pyrrole nitrogens is 1. The monoisotopic (exact) mass is 311 g/mol. The number of nitrogens with zero attached hydrogens (tertiary/aromatic N) is 4. The molecule has 0 atom stereocenters. The third-order valence-electron chi connectivity index (χ3n) is 4.13. The van der Waals surface area contributed by atoms with Crippen LogP contribution in [0.1, 0.15) is 0 Å². The molecule has 0 amide bonds. The van der Waals surface area contributed by atoms with Crippen LogP contribution in [-0.4, -0.2) is 25.0 Å². The third kappa shape index (κ3) is 1.91. The van der Waals surface area contributed by atoms with Crippen LogP contribution in [0.2, 0.25) is 0 Å². The van der Waals surface area contributed by atoms with E-state index in [4.69, 9.17) is 4.98 Å². The predicted molar refractivity (Wildman–Crippen MR) is 94.0 cm³/mol. The van der Waals surface area contributed by atoms with Gasteiger partial charge in [-0.2, -0.15) is 9.90 Å². The van der Waals surface area contributed by atoms with Gasteiger partial charge in [0.2, 0.25) is 0 Å². The minimum absolute atomic E-state index is 0.747. The SMILES string of the molecule is c1ccc(-n2ncc(-c3nc4ccccc4c4cc[nH]c34)n2)cc1. The van der Waals surface area contributed by atoms with Crippen molar-refractivity contribution in [2.45, 2.75) is 0 Å². The minimum Gasteiger partial charge on any atom is -0.359 e. The van der Waals surface area contributed by atoms with Crippen molar-refractivity contribution in [3.05, 3.63) is 73.1 Å². The Morgan fingerprint density at radius 1 is 0.833 bits per heavy atom. The molecule has 2 aromatic carbocycles. The Morgan fingerprint density at radius 3 is 2.58 bits per heavy atom. The lowest BCUT2D eigenvalue weighted by Gasteiger charge is -2.04. The van der Waals surface area contributed by atoms with Crippen LogP contribution in [0.15, 0.2) is 73.1 Å². The molecule has 0 radical (unpaired) electrons. The molecular weight excluding hydrogens is 298 g/mol. The first-order valence-corrected chi connectivity index (χ1v) is 7.74. The summed E-state index contributed by atoms with van der Waals surface area (Å²) >= 11 is 0. The van der Waals surface area contributed by atoms with Crippen molar-refractivity contribution in [3.8, 4) is 17.1 Å². The molecule has 0 fully saturated rings. The summed E-state index contributed by atoms with van der Waals surface area (Å²) in [6.07, 6.45) is 3.69. The first-order valence-electron chi connectivity index (χ1n) is 7.74. The molecule has 0 aliphatic carbocycles. The largest absolute Gasteiger partial charge is 0.359 e. The van der Waals surface area contributed by atoms with E-state index in [2.05, 4.69) is 27.3 Å². The predicted octanol–water partition coefficient (Wildman–Crippen LogP) is 3.96. The summed E-state index contributed by atoms with van der Waals surface area (Å²) < 4.78 is 0. The molecule has 0 spiro atoms. The number of fused-ring (bicyclic) bond motifs is 3. The van der Waals surface area contributed by atoms with Crippen LogP contribution in [0.3, 0.4) is 0 Å². The van der Waals surface area contributed by atoms with Crippen molar-refractivity contribution >= 4 is 21.8 Å². The highest BCUT2D eigenvalue weighted by atomic mass is 15.5. The molecule has 5 heteroatoms. The van der Waals surface area contributed by atoms with Crippen molar-refractivity contribution in [3.63, 3.8) is 0 Å². The van der Waals surface area contributed by atoms with E-state index in [1.54, 1.807) is 11.0 Å². The molecule has 0 aliphatic heterocycles. The van der Waals surface area contributed by atoms with E-state index in [0.29, 0.717) is 0 Å². The topological polar surface area (TPSA) is 59.4 Å². The van der Waals surface area contributed by atoms with Gasteiger partial charge in [0.25, 0.3) is 0 Å². The summed E-state index contributed by atoms with van der Waals surface area (Å²) in [7, 11) is 0. The number of rotatable bonds is 2. The first kappa shape index (κ1) is 13.0. The number of hydrogen-bond donors (Lipinski definition) is 1. The van der Waals surface area contributed by atoms with Gasteiger partial charge in [-0.3, -0.25) is 0 Å². The van der Waals surface area contributed by atoms with Crippen molar-refractivity contribution in [2.75, 3.05) is 0 Å². The summed E-state index contributed by atoms with van der Waals surface area (Å²) in [5.41, 5.74) is 4.42. The van der Waals surface area contributed by atoms with Crippen LogP contribution in [0.4, 0.5) is 0 Å². The normalized spacial score (nSPS) is 11.3. The Bertz CT molecular complexity index is 1150. The average molecular weight is 311 g/mol. The van der Waals surface area contributed by atoms with Gasteiger partial charge in [0.1, 0.15) is 11.4 Å². The Kier molecular flexibility index (Phi) is 2.72. The Morgan fingerprint density at radius 2 is 1.67 bits per heavy atom. The van der Waals surface area contributed by atoms with Gasteiger partial charge in [-0.15, -0.1) is 5.10 Å². The summed E-state index contributed by atoms with van der Waals surface area (Å²) in [6.45, 7) is 0. The van der Waals surface area contributed by atoms with Crippen LogP contribution >= 0.6 is 0 Å². The van der Waals surface area contributed by atoms with E-state index in [1.165, 1.54) is 0 Å². The zero-order valence-corrected chi connectivity index (χ0v) is 12.7. The van der Waals surface area contributed by atoms with Crippen molar-refractivity contribution in [1.82, 2.24) is 25.0 Å². The van der Waals surface area contributed by atoms with Crippen molar-refractivity contribution in [2.24, 2.45) is 0 Å². The van der Waals surface area contributed by atoms with Gasteiger partial charge in [-0.25, -0.2) is 4.98 Å². The van der Waals surface area contributed by atoms with Gasteiger partial charge >= 0.3 is 0 Å². The number of para-hydroxylation sites is 2. The van der Waals surface area contributed by atoms with Gasteiger partial charge in [-0.05, 0) is 24.3 Å². The fourth-order valence-corrected chi connectivity index (χ4v) is 3.01. The lowest BCUT2D eigenvalue weighted by molar-refractivity contribution is 0.753. The number of pyridine rings is 1. The van der Waals surface area contributed by atoms with E-state index in [0.717, 1.165) is 38.9 Å². The highest BCUT2D eigenvalue weighted by Gasteiger charge is 2.14. The quantitative estimate of drug-likeness (QED) is 0.537. The maximum absolute atomic E-state index is 4.81. The van der Waals surface area contributed by atoms with E-state index in [9.17, 15) is 0 Å². The Balaban J connectivity index is 1.74. The van der Waals surface area contributed by atoms with Gasteiger partial charge in [0, 0.05) is 17.0 Å². The summed E-state index contributed by atoms with van der Waals surface area (Å²) in [5, 5.41) is 11.3. The van der Waals surface area contributed by atoms with E-state index < -0.39 is 0 Å². The molecule has 0 bridgehead atoms. The molecular formula is C19H13N5. The molecule has 0 aliphatic rings. The van der Waals surface area contributed by atoms with E-state index in [-0.39, 0.29) is 0 Å². The van der Waals surface area contributed by atoms with Crippen LogP contribution in [0.5, 0.6) is 0 Å². The fraction of sp³-hybridized carbons (Fsp3) is 0. The lowest BCUT2D eigenvalue weighted by Crippen LogP contribution is -1.98. The Labute approximate surface area is 137 Å². The Hall–Kier alpha value is -3.47. The molecule has 0 unspecified atom stereocenters. The number of hydrogen-bond acceptors (Lipinski definition) is 3. The number of aromatic amines is 1. The van der Waals surface area contributed by atoms with Crippen LogP contribution in [-0.2, 0) is 0 Å². The minimum atomic E-state index is 0.747. The number of benzene rings is 2. The highest BCUT2D eigenvalue weighted by molar-refractivity contribution is 6.09. The second-order valence-corrected chi connectivity index (χ2v) is 5.60. The number of aromatic nitrogens is 5. The van der Waals surface area contributed by atoms with E-state index in [1.807, 2.05) is 54.7 Å². The summed E-state index contributed by atoms with van der Waals surface area (Å²) in [4.78, 5) is 9.72. The van der Waals surface area contributed by atoms with Crippen LogP contribution in [0.25, 0.3) is 38.9 Å². The molecule has 5 aromatic rings. The van der Waals surface area contributed by atoms with Gasteiger partial charge in [0.15, 0.2) is 0 Å². The lowest BCUT2D eigenvalue weighted by atomic mass is 10.1. The fourth-order valence-electron chi connectivity index (χ4n) is 3.01. The summed E-state index contributed by atoms with van der Waals surface area (Å²) in [5.74, 6) is 0. The second kappa shape index (κ2) is 5.03. The average Bonchev–Trinajstić information content (AvgIpc) is 3.32. The maximum Gasteiger partial charge on any atom is 0.134 e. The molecule has 5 rings (SSSR count). The molecule has 5 nitrogen and oxygen atoms in total. The van der Waals surface area contributed by atoms with Gasteiger partial charge in [-0.1, -0.05) is 36.4 Å². The van der Waals surface area contributed by atoms with Crippen molar-refractivity contribution in [1.29, 1.82) is 0 Å². The molecule has 114 valence electrons. The molecule has 24 heavy (non-hydrogen) atoms. The number of nitrogens with one attached hydrogen (secondary N) is 1. The van der Waals surface area contributed by atoms with E-state index >= 15 is 0 Å². The van der Waals surface area contributed by atoms with Crippen LogP contribution < -0.4 is 0 Å². The maximum atomic E-state index is 4.81. The molecule has 3 heterocycles. The zero-order chi connectivity index (χ0) is 15.9. The highest BCUT2D eigenvalue weighted by Crippen LogP contribution is 2.30. The smallest absolute Gasteiger partial charge is 0.134 e. The van der Waals surface area contributed by atoms with Crippen molar-refractivity contribution < 1.29 is 0 Å². The van der Waals surface area contributed by atoms with Crippen LogP contribution in [0, 0.1) is 0 Å². The van der Waals surface area contributed by atoms with Gasteiger partial charge < -0.3 is 4.98 Å². The standard InChI is InChI=1S/C19H13N5/c1-2-6-13(7-3-1)24-21-12-17(23-24)19-18-15(10-11-20-18)14-8-4-5-9-16(14)22-19/h1-12,20H. The first-order chi connectivity index (χ1) is 11.9. The van der Waals surface area contributed by atoms with Gasteiger partial charge in [0.05, 0.1) is 22.9 Å². The molecule has 0 saturated carbocycles. The third-order valence-corrected chi connectivity index (χ3v) is 4.13. The second-order valence-electron chi connectivity index (χ2n) is 5.60.